The van der Waals surface area contributed by atoms with Gasteiger partial charge in [0.05, 0.1) is 6.61 Å². The van der Waals surface area contributed by atoms with Crippen LogP contribution in [0.25, 0.3) is 0 Å². The van der Waals surface area contributed by atoms with Crippen molar-refractivity contribution in [3.05, 3.63) is 89.5 Å². The number of carbonyl (C=O) groups is 1. The average molecular weight is 402 g/mol. The smallest absolute Gasteiger partial charge is 0.251 e. The van der Waals surface area contributed by atoms with E-state index in [0.29, 0.717) is 13.2 Å². The van der Waals surface area contributed by atoms with Gasteiger partial charge >= 0.3 is 0 Å². The molecule has 2 aromatic heterocycles. The molecule has 0 saturated carbocycles. The molecule has 3 aromatic rings. The fourth-order valence-electron chi connectivity index (χ4n) is 3.63. The van der Waals surface area contributed by atoms with Gasteiger partial charge in [0.2, 0.25) is 0 Å². The van der Waals surface area contributed by atoms with Crippen molar-refractivity contribution in [3.63, 3.8) is 0 Å². The van der Waals surface area contributed by atoms with Crippen LogP contribution in [0.15, 0.2) is 67.3 Å². The molecule has 30 heavy (non-hydrogen) atoms. The number of nitrogens with zero attached hydrogens (tertiary/aromatic N) is 3. The summed E-state index contributed by atoms with van der Waals surface area (Å²) in [7, 11) is 0. The maximum atomic E-state index is 11.7. The number of hydrogen-bond donors (Lipinski definition) is 1. The zero-order chi connectivity index (χ0) is 20.6. The van der Waals surface area contributed by atoms with Gasteiger partial charge in [-0.3, -0.25) is 19.7 Å². The third-order valence-electron chi connectivity index (χ3n) is 5.24. The van der Waals surface area contributed by atoms with Crippen molar-refractivity contribution >= 4 is 5.91 Å². The van der Waals surface area contributed by atoms with Gasteiger partial charge in [0.25, 0.3) is 5.91 Å². The number of fused-ring (bicyclic) bond motifs is 1. The first-order chi connectivity index (χ1) is 14.8. The maximum Gasteiger partial charge on any atom is 0.251 e. The lowest BCUT2D eigenvalue weighted by atomic mass is 10.1. The molecule has 0 spiro atoms. The minimum absolute atomic E-state index is 0.00285. The Balaban J connectivity index is 1.29. The monoisotopic (exact) mass is 402 g/mol. The molecule has 1 aliphatic rings. The summed E-state index contributed by atoms with van der Waals surface area (Å²) in [5.41, 5.74) is 4.26. The molecule has 1 amide bonds. The van der Waals surface area contributed by atoms with Crippen molar-refractivity contribution in [1.82, 2.24) is 20.2 Å². The molecule has 6 heteroatoms. The molecule has 0 fully saturated rings. The van der Waals surface area contributed by atoms with Gasteiger partial charge in [0.15, 0.2) is 0 Å². The van der Waals surface area contributed by atoms with Crippen molar-refractivity contribution in [3.8, 4) is 5.75 Å². The topological polar surface area (TPSA) is 67.3 Å². The SMILES string of the molecule is O=C1NCc2cc(OCCCN(CCc3cccnc3)Cc3ccncc3)ccc21. The number of ether oxygens (including phenoxy) is 1. The lowest BCUT2D eigenvalue weighted by Gasteiger charge is -2.22. The summed E-state index contributed by atoms with van der Waals surface area (Å²) in [5, 5.41) is 2.83. The second-order valence-corrected chi connectivity index (χ2v) is 7.45. The van der Waals surface area contributed by atoms with Crippen LogP contribution in [0, 0.1) is 0 Å². The van der Waals surface area contributed by atoms with Crippen LogP contribution in [0.1, 0.15) is 33.5 Å². The van der Waals surface area contributed by atoms with Crippen molar-refractivity contribution in [2.24, 2.45) is 0 Å². The second kappa shape index (κ2) is 9.98. The highest BCUT2D eigenvalue weighted by Crippen LogP contribution is 2.21. The fourth-order valence-corrected chi connectivity index (χ4v) is 3.63. The molecule has 0 atom stereocenters. The zero-order valence-corrected chi connectivity index (χ0v) is 17.0. The standard InChI is InChI=1S/C24H26N4O2/c29-24-23-5-4-22(15-21(23)17-27-24)30-14-2-12-28(18-20-6-10-25-11-7-20)13-8-19-3-1-9-26-16-19/h1,3-7,9-11,15-16H,2,8,12-14,17-18H2,(H,27,29). The number of amides is 1. The Labute approximate surface area is 176 Å². The molecule has 0 saturated heterocycles. The highest BCUT2D eigenvalue weighted by molar-refractivity contribution is 5.98. The quantitative estimate of drug-likeness (QED) is 0.528. The number of aromatic nitrogens is 2. The average Bonchev–Trinajstić information content (AvgIpc) is 3.16. The summed E-state index contributed by atoms with van der Waals surface area (Å²) in [5.74, 6) is 0.818. The summed E-state index contributed by atoms with van der Waals surface area (Å²) < 4.78 is 5.94. The highest BCUT2D eigenvalue weighted by Gasteiger charge is 2.18. The van der Waals surface area contributed by atoms with Crippen molar-refractivity contribution < 1.29 is 9.53 Å². The first kappa shape index (κ1) is 20.0. The van der Waals surface area contributed by atoms with E-state index in [4.69, 9.17) is 4.74 Å². The van der Waals surface area contributed by atoms with Crippen LogP contribution in [-0.4, -0.2) is 40.5 Å². The van der Waals surface area contributed by atoms with E-state index in [1.54, 1.807) is 6.20 Å². The van der Waals surface area contributed by atoms with Crippen molar-refractivity contribution in [2.45, 2.75) is 25.9 Å². The predicted molar refractivity (Wildman–Crippen MR) is 115 cm³/mol. The molecule has 0 radical (unpaired) electrons. The zero-order valence-electron chi connectivity index (χ0n) is 17.0. The Morgan fingerprint density at radius 2 is 1.90 bits per heavy atom. The number of pyridine rings is 2. The maximum absolute atomic E-state index is 11.7. The Hall–Kier alpha value is -3.25. The molecule has 154 valence electrons. The summed E-state index contributed by atoms with van der Waals surface area (Å²) in [6.45, 7) is 4.00. The van der Waals surface area contributed by atoms with E-state index < -0.39 is 0 Å². The van der Waals surface area contributed by atoms with Crippen LogP contribution in [0.4, 0.5) is 0 Å². The van der Waals surface area contributed by atoms with Crippen molar-refractivity contribution in [2.75, 3.05) is 19.7 Å². The molecular formula is C24H26N4O2. The van der Waals surface area contributed by atoms with E-state index in [0.717, 1.165) is 49.4 Å². The van der Waals surface area contributed by atoms with E-state index in [1.807, 2.05) is 42.9 Å². The molecule has 1 N–H and O–H groups in total. The van der Waals surface area contributed by atoms with Gasteiger partial charge in [-0.05, 0) is 65.9 Å². The molecule has 0 aliphatic carbocycles. The molecule has 0 bridgehead atoms. The molecular weight excluding hydrogens is 376 g/mol. The van der Waals surface area contributed by atoms with E-state index in [9.17, 15) is 4.79 Å². The molecule has 0 unspecified atom stereocenters. The Morgan fingerprint density at radius 3 is 2.73 bits per heavy atom. The lowest BCUT2D eigenvalue weighted by molar-refractivity contribution is 0.0966. The molecule has 3 heterocycles. The van der Waals surface area contributed by atoms with E-state index in [2.05, 4.69) is 38.4 Å². The third-order valence-corrected chi connectivity index (χ3v) is 5.24. The van der Waals surface area contributed by atoms with E-state index in [-0.39, 0.29) is 5.91 Å². The summed E-state index contributed by atoms with van der Waals surface area (Å²) in [6, 6.07) is 13.9. The third kappa shape index (κ3) is 5.42. The van der Waals surface area contributed by atoms with Crippen LogP contribution in [0.5, 0.6) is 5.75 Å². The molecule has 6 nitrogen and oxygen atoms in total. The molecule has 4 rings (SSSR count). The van der Waals surface area contributed by atoms with Gasteiger partial charge in [-0.1, -0.05) is 6.07 Å². The summed E-state index contributed by atoms with van der Waals surface area (Å²) in [4.78, 5) is 22.4. The number of benzene rings is 1. The van der Waals surface area contributed by atoms with E-state index in [1.165, 1.54) is 11.1 Å². The largest absolute Gasteiger partial charge is 0.494 e. The summed E-state index contributed by atoms with van der Waals surface area (Å²) in [6.07, 6.45) is 9.30. The van der Waals surface area contributed by atoms with E-state index >= 15 is 0 Å². The fraction of sp³-hybridized carbons (Fsp3) is 0.292. The number of hydrogen-bond acceptors (Lipinski definition) is 5. The van der Waals surface area contributed by atoms with Crippen LogP contribution < -0.4 is 10.1 Å². The van der Waals surface area contributed by atoms with Gasteiger partial charge in [-0.25, -0.2) is 0 Å². The summed E-state index contributed by atoms with van der Waals surface area (Å²) >= 11 is 0. The Morgan fingerprint density at radius 1 is 1.00 bits per heavy atom. The normalized spacial score (nSPS) is 12.6. The second-order valence-electron chi connectivity index (χ2n) is 7.45. The van der Waals surface area contributed by atoms with Crippen LogP contribution in [0.2, 0.25) is 0 Å². The molecule has 1 aromatic carbocycles. The molecule has 1 aliphatic heterocycles. The van der Waals surface area contributed by atoms with Gasteiger partial charge in [0, 0.05) is 56.5 Å². The minimum atomic E-state index is -0.00285. The first-order valence-electron chi connectivity index (χ1n) is 10.3. The van der Waals surface area contributed by atoms with Crippen LogP contribution in [-0.2, 0) is 19.5 Å². The van der Waals surface area contributed by atoms with Gasteiger partial charge in [-0.2, -0.15) is 0 Å². The Bertz CT molecular complexity index is 963. The predicted octanol–water partition coefficient (Wildman–Crippen LogP) is 3.23. The van der Waals surface area contributed by atoms with Crippen LogP contribution >= 0.6 is 0 Å². The van der Waals surface area contributed by atoms with Gasteiger partial charge < -0.3 is 10.1 Å². The Kier molecular flexibility index (Phi) is 6.67. The van der Waals surface area contributed by atoms with Gasteiger partial charge in [-0.15, -0.1) is 0 Å². The highest BCUT2D eigenvalue weighted by atomic mass is 16.5. The minimum Gasteiger partial charge on any atom is -0.494 e. The van der Waals surface area contributed by atoms with Crippen LogP contribution in [0.3, 0.4) is 0 Å². The number of nitrogens with one attached hydrogen (secondary N) is 1. The lowest BCUT2D eigenvalue weighted by Crippen LogP contribution is -2.28. The number of carbonyl (C=O) groups excluding carboxylic acids is 1. The first-order valence-corrected chi connectivity index (χ1v) is 10.3. The van der Waals surface area contributed by atoms with Crippen molar-refractivity contribution in [1.29, 1.82) is 0 Å². The number of rotatable bonds is 10. The van der Waals surface area contributed by atoms with Gasteiger partial charge in [0.1, 0.15) is 5.75 Å².